The highest BCUT2D eigenvalue weighted by Crippen LogP contribution is 2.23. The van der Waals surface area contributed by atoms with E-state index in [2.05, 4.69) is 17.3 Å². The first-order chi connectivity index (χ1) is 9.54. The van der Waals surface area contributed by atoms with Gasteiger partial charge in [-0.1, -0.05) is 6.92 Å². The van der Waals surface area contributed by atoms with Crippen molar-refractivity contribution in [1.82, 2.24) is 15.1 Å². The molecule has 6 heteroatoms. The summed E-state index contributed by atoms with van der Waals surface area (Å²) < 4.78 is 1.49. The van der Waals surface area contributed by atoms with Crippen LogP contribution in [0, 0.1) is 5.92 Å². The van der Waals surface area contributed by atoms with Crippen LogP contribution in [0.3, 0.4) is 0 Å². The van der Waals surface area contributed by atoms with Gasteiger partial charge in [-0.2, -0.15) is 5.10 Å². The fourth-order valence-corrected chi connectivity index (χ4v) is 2.48. The summed E-state index contributed by atoms with van der Waals surface area (Å²) in [4.78, 5) is 22.5. The number of nitrogens with zero attached hydrogens (tertiary/aromatic N) is 2. The van der Waals surface area contributed by atoms with E-state index in [9.17, 15) is 9.59 Å². The molecule has 2 rings (SSSR count). The van der Waals surface area contributed by atoms with E-state index in [1.54, 1.807) is 12.3 Å². The third kappa shape index (κ3) is 4.08. The van der Waals surface area contributed by atoms with Crippen molar-refractivity contribution in [1.29, 1.82) is 0 Å². The van der Waals surface area contributed by atoms with Crippen LogP contribution >= 0.6 is 0 Å². The van der Waals surface area contributed by atoms with Gasteiger partial charge in [0.2, 0.25) is 0 Å². The number of carbonyl (C=O) groups is 2. The second-order valence-corrected chi connectivity index (χ2v) is 5.54. The molecule has 6 nitrogen and oxygen atoms in total. The largest absolute Gasteiger partial charge is 0.481 e. The molecule has 20 heavy (non-hydrogen) atoms. The maximum absolute atomic E-state index is 12.0. The van der Waals surface area contributed by atoms with Crippen molar-refractivity contribution in [2.45, 2.75) is 51.6 Å². The van der Waals surface area contributed by atoms with Crippen LogP contribution < -0.4 is 5.32 Å². The molecule has 1 aromatic rings. The molecule has 0 aromatic carbocycles. The molecule has 0 bridgehead atoms. The summed E-state index contributed by atoms with van der Waals surface area (Å²) in [6, 6.07) is 1.87. The molecule has 110 valence electrons. The molecule has 1 saturated carbocycles. The fourth-order valence-electron chi connectivity index (χ4n) is 2.48. The lowest BCUT2D eigenvalue weighted by molar-refractivity contribution is -0.137. The molecule has 2 N–H and O–H groups in total. The first-order valence-corrected chi connectivity index (χ1v) is 7.10. The Labute approximate surface area is 118 Å². The normalized spacial score (nSPS) is 22.4. The van der Waals surface area contributed by atoms with E-state index in [0.717, 1.165) is 31.6 Å². The SMILES string of the molecule is CC1CCC(NC(=O)c2ccn(CCC(=O)O)n2)CC1. The first-order valence-electron chi connectivity index (χ1n) is 7.10. The van der Waals surface area contributed by atoms with E-state index >= 15 is 0 Å². The minimum absolute atomic E-state index is 0.00323. The number of rotatable bonds is 5. The third-order valence-electron chi connectivity index (χ3n) is 3.78. The van der Waals surface area contributed by atoms with Gasteiger partial charge in [0.25, 0.3) is 5.91 Å². The minimum atomic E-state index is -0.872. The smallest absolute Gasteiger partial charge is 0.305 e. The van der Waals surface area contributed by atoms with Crippen LogP contribution in [-0.4, -0.2) is 32.8 Å². The van der Waals surface area contributed by atoms with Gasteiger partial charge in [0.05, 0.1) is 13.0 Å². The Hall–Kier alpha value is -1.85. The van der Waals surface area contributed by atoms with Gasteiger partial charge in [-0.05, 0) is 37.7 Å². The summed E-state index contributed by atoms with van der Waals surface area (Å²) in [5.41, 5.74) is 0.356. The van der Waals surface area contributed by atoms with E-state index in [0.29, 0.717) is 5.69 Å². The van der Waals surface area contributed by atoms with Gasteiger partial charge < -0.3 is 10.4 Å². The molecule has 1 amide bonds. The predicted octanol–water partition coefficient (Wildman–Crippen LogP) is 1.67. The van der Waals surface area contributed by atoms with Crippen molar-refractivity contribution in [3.63, 3.8) is 0 Å². The van der Waals surface area contributed by atoms with Crippen molar-refractivity contribution in [3.8, 4) is 0 Å². The van der Waals surface area contributed by atoms with E-state index in [1.165, 1.54) is 4.68 Å². The van der Waals surface area contributed by atoms with E-state index < -0.39 is 5.97 Å². The summed E-state index contributed by atoms with van der Waals surface area (Å²) in [6.07, 6.45) is 5.99. The standard InChI is InChI=1S/C14H21N3O3/c1-10-2-4-11(5-3-10)15-14(20)12-6-8-17(16-12)9-7-13(18)19/h6,8,10-11H,2-5,7,9H2,1H3,(H,15,20)(H,18,19). The third-order valence-corrected chi connectivity index (χ3v) is 3.78. The number of carboxylic acids is 1. The molecule has 1 fully saturated rings. The lowest BCUT2D eigenvalue weighted by Crippen LogP contribution is -2.37. The van der Waals surface area contributed by atoms with Crippen LogP contribution in [0.25, 0.3) is 0 Å². The lowest BCUT2D eigenvalue weighted by Gasteiger charge is -2.26. The Morgan fingerprint density at radius 3 is 2.75 bits per heavy atom. The highest BCUT2D eigenvalue weighted by atomic mass is 16.4. The van der Waals surface area contributed by atoms with Crippen LogP contribution in [0.4, 0.5) is 0 Å². The summed E-state index contributed by atoms with van der Waals surface area (Å²) in [5, 5.41) is 15.7. The molecule has 0 aliphatic heterocycles. The zero-order valence-electron chi connectivity index (χ0n) is 11.7. The number of nitrogens with one attached hydrogen (secondary N) is 1. The van der Waals surface area contributed by atoms with Crippen LogP contribution in [0.1, 0.15) is 49.5 Å². The molecule has 0 atom stereocenters. The van der Waals surface area contributed by atoms with Gasteiger partial charge in [0, 0.05) is 12.2 Å². The van der Waals surface area contributed by atoms with Gasteiger partial charge >= 0.3 is 5.97 Å². The van der Waals surface area contributed by atoms with Crippen LogP contribution in [0.5, 0.6) is 0 Å². The number of carbonyl (C=O) groups excluding carboxylic acids is 1. The summed E-state index contributed by atoms with van der Waals surface area (Å²) >= 11 is 0. The summed E-state index contributed by atoms with van der Waals surface area (Å²) in [6.45, 7) is 2.52. The Morgan fingerprint density at radius 2 is 2.10 bits per heavy atom. The number of hydrogen-bond donors (Lipinski definition) is 2. The summed E-state index contributed by atoms with van der Waals surface area (Å²) in [5.74, 6) is -0.292. The van der Waals surface area contributed by atoms with Crippen molar-refractivity contribution >= 4 is 11.9 Å². The van der Waals surface area contributed by atoms with Gasteiger partial charge in [-0.15, -0.1) is 0 Å². The van der Waals surface area contributed by atoms with E-state index in [1.807, 2.05) is 0 Å². The van der Waals surface area contributed by atoms with Gasteiger partial charge in [0.1, 0.15) is 5.69 Å². The maximum Gasteiger partial charge on any atom is 0.305 e. The number of aliphatic carboxylic acids is 1. The molecule has 0 radical (unpaired) electrons. The zero-order valence-corrected chi connectivity index (χ0v) is 11.7. The average Bonchev–Trinajstić information content (AvgIpc) is 2.88. The highest BCUT2D eigenvalue weighted by Gasteiger charge is 2.21. The van der Waals surface area contributed by atoms with Crippen molar-refractivity contribution in [2.75, 3.05) is 0 Å². The predicted molar refractivity (Wildman–Crippen MR) is 73.4 cm³/mol. The van der Waals surface area contributed by atoms with Crippen molar-refractivity contribution < 1.29 is 14.7 Å². The van der Waals surface area contributed by atoms with E-state index in [4.69, 9.17) is 5.11 Å². The molecule has 1 aliphatic carbocycles. The Kier molecular flexibility index (Phi) is 4.76. The molecule has 1 aliphatic rings. The second-order valence-electron chi connectivity index (χ2n) is 5.54. The minimum Gasteiger partial charge on any atom is -0.481 e. The Balaban J connectivity index is 1.84. The fraction of sp³-hybridized carbons (Fsp3) is 0.643. The Morgan fingerprint density at radius 1 is 1.40 bits per heavy atom. The number of aromatic nitrogens is 2. The van der Waals surface area contributed by atoms with Crippen LogP contribution in [0.15, 0.2) is 12.3 Å². The number of amides is 1. The number of aryl methyl sites for hydroxylation is 1. The van der Waals surface area contributed by atoms with E-state index in [-0.39, 0.29) is 24.9 Å². The Bertz CT molecular complexity index is 476. The molecular formula is C14H21N3O3. The van der Waals surface area contributed by atoms with Crippen molar-refractivity contribution in [3.05, 3.63) is 18.0 Å². The maximum atomic E-state index is 12.0. The number of hydrogen-bond acceptors (Lipinski definition) is 3. The van der Waals surface area contributed by atoms with Crippen LogP contribution in [0.2, 0.25) is 0 Å². The lowest BCUT2D eigenvalue weighted by atomic mass is 9.87. The summed E-state index contributed by atoms with van der Waals surface area (Å²) in [7, 11) is 0. The first kappa shape index (κ1) is 14.6. The highest BCUT2D eigenvalue weighted by molar-refractivity contribution is 5.92. The van der Waals surface area contributed by atoms with Crippen molar-refractivity contribution in [2.24, 2.45) is 5.92 Å². The van der Waals surface area contributed by atoms with Gasteiger partial charge in [0.15, 0.2) is 0 Å². The molecule has 1 heterocycles. The monoisotopic (exact) mass is 279 g/mol. The zero-order chi connectivity index (χ0) is 14.5. The van der Waals surface area contributed by atoms with Gasteiger partial charge in [-0.3, -0.25) is 14.3 Å². The average molecular weight is 279 g/mol. The molecular weight excluding hydrogens is 258 g/mol. The molecule has 0 spiro atoms. The van der Waals surface area contributed by atoms with Gasteiger partial charge in [-0.25, -0.2) is 0 Å². The molecule has 1 aromatic heterocycles. The molecule has 0 saturated heterocycles. The van der Waals surface area contributed by atoms with Crippen LogP contribution in [-0.2, 0) is 11.3 Å². The second kappa shape index (κ2) is 6.54. The number of carboxylic acid groups (broad SMARTS) is 1. The topological polar surface area (TPSA) is 84.2 Å². The molecule has 0 unspecified atom stereocenters. The quantitative estimate of drug-likeness (QED) is 0.858.